The molecule has 0 saturated heterocycles. The van der Waals surface area contributed by atoms with Crippen LogP contribution >= 0.6 is 0 Å². The van der Waals surface area contributed by atoms with Gasteiger partial charge in [0.05, 0.1) is 33.4 Å². The molecule has 11 aromatic rings. The Morgan fingerprint density at radius 2 is 1.17 bits per heavy atom. The molecule has 13 rings (SSSR count). The van der Waals surface area contributed by atoms with Gasteiger partial charge in [-0.1, -0.05) is 153 Å². The van der Waals surface area contributed by atoms with E-state index in [1.54, 1.807) is 0 Å². The minimum atomic E-state index is -0.231. The maximum absolute atomic E-state index is 5.69. The van der Waals surface area contributed by atoms with E-state index in [0.29, 0.717) is 0 Å². The molecular weight excluding hydrogens is 717 g/mol. The zero-order chi connectivity index (χ0) is 39.0. The normalized spacial score (nSPS) is 13.7. The molecule has 0 spiro atoms. The summed E-state index contributed by atoms with van der Waals surface area (Å²) in [7, 11) is 0. The largest absolute Gasteiger partial charge is 0.308 e. The van der Waals surface area contributed by atoms with Crippen molar-refractivity contribution in [3.63, 3.8) is 0 Å². The molecule has 4 nitrogen and oxygen atoms in total. The van der Waals surface area contributed by atoms with Crippen molar-refractivity contribution >= 4 is 66.7 Å². The van der Waals surface area contributed by atoms with E-state index in [2.05, 4.69) is 205 Å². The Labute approximate surface area is 341 Å². The lowest BCUT2D eigenvalue weighted by Gasteiger charge is -2.23. The van der Waals surface area contributed by atoms with E-state index < -0.39 is 0 Å². The highest BCUT2D eigenvalue weighted by molar-refractivity contribution is 6.21. The molecule has 0 amide bonds. The van der Waals surface area contributed by atoms with Gasteiger partial charge in [0.15, 0.2) is 5.82 Å². The predicted octanol–water partition coefficient (Wildman–Crippen LogP) is 13.9. The highest BCUT2D eigenvalue weighted by Crippen LogP contribution is 2.54. The van der Waals surface area contributed by atoms with Crippen LogP contribution in [0.5, 0.6) is 0 Å². The van der Waals surface area contributed by atoms with Crippen LogP contribution in [0.2, 0.25) is 0 Å². The zero-order valence-electron chi connectivity index (χ0n) is 32.6. The second kappa shape index (κ2) is 11.7. The molecule has 4 heteroatoms. The molecule has 0 N–H and O–H groups in total. The molecule has 0 radical (unpaired) electrons. The van der Waals surface area contributed by atoms with E-state index in [4.69, 9.17) is 9.97 Å². The van der Waals surface area contributed by atoms with Crippen LogP contribution in [0, 0.1) is 0 Å². The second-order valence-electron chi connectivity index (χ2n) is 16.6. The molecule has 0 unspecified atom stereocenters. The predicted molar refractivity (Wildman–Crippen MR) is 246 cm³/mol. The van der Waals surface area contributed by atoms with Gasteiger partial charge in [-0.25, -0.2) is 9.97 Å². The highest BCUT2D eigenvalue weighted by atomic mass is 15.0. The van der Waals surface area contributed by atoms with Gasteiger partial charge >= 0.3 is 0 Å². The maximum Gasteiger partial charge on any atom is 0.161 e. The monoisotopic (exact) mass is 752 g/mol. The number of fused-ring (bicyclic) bond motifs is 13. The average molecular weight is 753 g/mol. The van der Waals surface area contributed by atoms with Gasteiger partial charge in [-0.3, -0.25) is 0 Å². The molecule has 0 saturated carbocycles. The van der Waals surface area contributed by atoms with Gasteiger partial charge < -0.3 is 9.13 Å². The lowest BCUT2D eigenvalue weighted by atomic mass is 9.81. The first kappa shape index (κ1) is 32.5. The Morgan fingerprint density at radius 1 is 0.458 bits per heavy atom. The molecule has 3 aromatic heterocycles. The number of aromatic nitrogens is 4. The number of para-hydroxylation sites is 4. The number of benzene rings is 8. The van der Waals surface area contributed by atoms with E-state index in [0.717, 1.165) is 55.7 Å². The molecule has 0 atom stereocenters. The van der Waals surface area contributed by atoms with E-state index >= 15 is 0 Å². The topological polar surface area (TPSA) is 35.6 Å². The molecule has 8 aromatic carbocycles. The summed E-state index contributed by atoms with van der Waals surface area (Å²) in [6, 6.07) is 61.6. The highest BCUT2D eigenvalue weighted by Gasteiger charge is 2.38. The Morgan fingerprint density at radius 3 is 2.05 bits per heavy atom. The average Bonchev–Trinajstić information content (AvgIpc) is 3.82. The molecule has 59 heavy (non-hydrogen) atoms. The first-order valence-electron chi connectivity index (χ1n) is 20.4. The number of rotatable bonds is 3. The Hall–Kier alpha value is -7.56. The summed E-state index contributed by atoms with van der Waals surface area (Å²) in [4.78, 5) is 11.4. The summed E-state index contributed by atoms with van der Waals surface area (Å²) in [6.07, 6.45) is 4.52. The van der Waals surface area contributed by atoms with Crippen molar-refractivity contribution in [2.45, 2.75) is 19.3 Å². The van der Waals surface area contributed by atoms with Gasteiger partial charge in [0, 0.05) is 38.4 Å². The van der Waals surface area contributed by atoms with Gasteiger partial charge in [-0.15, -0.1) is 0 Å². The summed E-state index contributed by atoms with van der Waals surface area (Å²) < 4.78 is 4.82. The van der Waals surface area contributed by atoms with Crippen LogP contribution in [0.25, 0.3) is 112 Å². The molecule has 1 aliphatic carbocycles. The fourth-order valence-electron chi connectivity index (χ4n) is 10.4. The summed E-state index contributed by atoms with van der Waals surface area (Å²) in [5, 5.41) is 5.97. The van der Waals surface area contributed by atoms with Gasteiger partial charge in [-0.05, 0) is 86.6 Å². The molecule has 0 bridgehead atoms. The van der Waals surface area contributed by atoms with Gasteiger partial charge in [0.1, 0.15) is 5.52 Å². The second-order valence-corrected chi connectivity index (χ2v) is 16.6. The summed E-state index contributed by atoms with van der Waals surface area (Å²) in [5.41, 5.74) is 18.2. The molecular formula is C55H36N4. The van der Waals surface area contributed by atoms with Gasteiger partial charge in [0.25, 0.3) is 0 Å². The van der Waals surface area contributed by atoms with Crippen LogP contribution in [0.4, 0.5) is 0 Å². The van der Waals surface area contributed by atoms with Gasteiger partial charge in [0.2, 0.25) is 0 Å². The van der Waals surface area contributed by atoms with Crippen LogP contribution in [0.1, 0.15) is 36.1 Å². The number of hydrogen-bond acceptors (Lipinski definition) is 2. The van der Waals surface area contributed by atoms with E-state index in [-0.39, 0.29) is 5.41 Å². The minimum Gasteiger partial charge on any atom is -0.308 e. The van der Waals surface area contributed by atoms with E-state index in [9.17, 15) is 0 Å². The van der Waals surface area contributed by atoms with Gasteiger partial charge in [-0.2, -0.15) is 0 Å². The van der Waals surface area contributed by atoms with Crippen LogP contribution in [-0.2, 0) is 5.41 Å². The van der Waals surface area contributed by atoms with Crippen molar-refractivity contribution in [1.82, 2.24) is 19.1 Å². The summed E-state index contributed by atoms with van der Waals surface area (Å²) in [6.45, 7) is 4.73. The van der Waals surface area contributed by atoms with Crippen molar-refractivity contribution in [2.24, 2.45) is 0 Å². The third kappa shape index (κ3) is 4.38. The van der Waals surface area contributed by atoms with Crippen molar-refractivity contribution in [3.8, 4) is 45.1 Å². The van der Waals surface area contributed by atoms with E-state index in [1.165, 1.54) is 66.3 Å². The number of nitrogens with zero attached hydrogens (tertiary/aromatic N) is 4. The van der Waals surface area contributed by atoms with E-state index in [1.807, 2.05) is 0 Å². The van der Waals surface area contributed by atoms with Crippen molar-refractivity contribution in [3.05, 3.63) is 192 Å². The Bertz CT molecular complexity index is 3620. The van der Waals surface area contributed by atoms with Crippen LogP contribution in [0.15, 0.2) is 170 Å². The quantitative estimate of drug-likeness (QED) is 0.180. The maximum atomic E-state index is 5.69. The SMILES string of the molecule is CC1(C)c2ccccc2-c2c1cc(-c1nc(-c3ccccc3)c3c(n1)c1ccccc1n3-c1ccccc1)c1cc3c(cc21)c1cccc2c1n3-c1ccccc1C=C2. The first-order valence-corrected chi connectivity index (χ1v) is 20.4. The standard InChI is InChI=1S/C55H36N4/c1-55(2)44-25-12-10-22-38(44)49-42-30-41-37-24-15-19-35-29-28-33-16-9-13-26-46(33)59(52(35)37)48(41)32-40(42)43(31-45(49)55)54-56-50(34-17-5-3-6-18-34)53-51(57-54)39-23-11-14-27-47(39)58(53)36-20-7-4-8-21-36/h3-32H,1-2H3. The molecule has 4 heterocycles. The fraction of sp³-hybridized carbons (Fsp3) is 0.0545. The third-order valence-corrected chi connectivity index (χ3v) is 13.0. The van der Waals surface area contributed by atoms with Crippen molar-refractivity contribution in [2.75, 3.05) is 0 Å². The minimum absolute atomic E-state index is 0.231. The van der Waals surface area contributed by atoms with Crippen molar-refractivity contribution in [1.29, 1.82) is 0 Å². The van der Waals surface area contributed by atoms with Crippen molar-refractivity contribution < 1.29 is 0 Å². The molecule has 1 aliphatic heterocycles. The fourth-order valence-corrected chi connectivity index (χ4v) is 10.4. The Balaban J connectivity index is 1.22. The summed E-state index contributed by atoms with van der Waals surface area (Å²) >= 11 is 0. The third-order valence-electron chi connectivity index (χ3n) is 13.0. The number of hydrogen-bond donors (Lipinski definition) is 0. The molecule has 276 valence electrons. The first-order chi connectivity index (χ1) is 29.0. The van der Waals surface area contributed by atoms with Crippen LogP contribution < -0.4 is 0 Å². The lowest BCUT2D eigenvalue weighted by molar-refractivity contribution is 0.661. The van der Waals surface area contributed by atoms with Crippen LogP contribution in [0.3, 0.4) is 0 Å². The lowest BCUT2D eigenvalue weighted by Crippen LogP contribution is -2.15. The Kier molecular flexibility index (Phi) is 6.48. The molecule has 2 aliphatic rings. The van der Waals surface area contributed by atoms with Crippen LogP contribution in [-0.4, -0.2) is 19.1 Å². The zero-order valence-corrected chi connectivity index (χ0v) is 32.6. The summed E-state index contributed by atoms with van der Waals surface area (Å²) in [5.74, 6) is 0.723. The smallest absolute Gasteiger partial charge is 0.161 e. The molecule has 0 fully saturated rings.